The third-order valence-electron chi connectivity index (χ3n) is 5.32. The maximum absolute atomic E-state index is 13.3. The van der Waals surface area contributed by atoms with Crippen LogP contribution >= 0.6 is 34.8 Å². The van der Waals surface area contributed by atoms with Gasteiger partial charge in [0.15, 0.2) is 0 Å². The number of piperidine rings is 1. The van der Waals surface area contributed by atoms with Crippen molar-refractivity contribution in [1.29, 1.82) is 0 Å². The number of anilines is 2. The van der Waals surface area contributed by atoms with Crippen LogP contribution in [0.1, 0.15) is 19.3 Å². The van der Waals surface area contributed by atoms with Gasteiger partial charge in [-0.3, -0.25) is 4.79 Å². The van der Waals surface area contributed by atoms with Crippen molar-refractivity contribution < 1.29 is 4.79 Å². The summed E-state index contributed by atoms with van der Waals surface area (Å²) in [5, 5.41) is 1.63. The number of carbonyl (C=O) groups excluding carboxylic acids is 1. The second kappa shape index (κ2) is 6.91. The Bertz CT molecular complexity index is 860. The van der Waals surface area contributed by atoms with Crippen LogP contribution in [0.3, 0.4) is 0 Å². The maximum Gasteiger partial charge on any atom is 0.235 e. The minimum Gasteiger partial charge on any atom is -0.354 e. The van der Waals surface area contributed by atoms with E-state index < -0.39 is 5.41 Å². The Morgan fingerprint density at radius 3 is 2.62 bits per heavy atom. The zero-order valence-corrected chi connectivity index (χ0v) is 16.4. The number of hydrogen-bond donors (Lipinski definition) is 0. The van der Waals surface area contributed by atoms with Crippen LogP contribution in [0.4, 0.5) is 11.5 Å². The van der Waals surface area contributed by atoms with E-state index in [1.165, 1.54) is 0 Å². The Labute approximate surface area is 167 Å². The van der Waals surface area contributed by atoms with Gasteiger partial charge in [0.25, 0.3) is 0 Å². The predicted octanol–water partition coefficient (Wildman–Crippen LogP) is 5.07. The average molecular weight is 411 g/mol. The molecule has 0 N–H and O–H groups in total. The average Bonchev–Trinajstić information content (AvgIpc) is 2.92. The SMILES string of the molecule is O=C1N(c2ccccc2Cl)CC[C@@]12CCCN(c1ncc(Cl)cc1Cl)C2. The van der Waals surface area contributed by atoms with Crippen LogP contribution in [0.25, 0.3) is 0 Å². The van der Waals surface area contributed by atoms with E-state index in [4.69, 9.17) is 34.8 Å². The molecule has 0 radical (unpaired) electrons. The molecular formula is C19H18Cl3N3O. The number of pyridine rings is 1. The molecule has 1 aromatic heterocycles. The molecule has 0 saturated carbocycles. The number of benzene rings is 1. The molecular weight excluding hydrogens is 393 g/mol. The molecule has 0 bridgehead atoms. The topological polar surface area (TPSA) is 36.4 Å². The molecule has 136 valence electrons. The Morgan fingerprint density at radius 2 is 1.85 bits per heavy atom. The zero-order valence-electron chi connectivity index (χ0n) is 14.1. The fourth-order valence-corrected chi connectivity index (χ4v) is 4.79. The molecule has 1 spiro atoms. The Kier molecular flexibility index (Phi) is 4.76. The second-order valence-corrected chi connectivity index (χ2v) is 8.17. The zero-order chi connectivity index (χ0) is 18.3. The lowest BCUT2D eigenvalue weighted by Gasteiger charge is -2.40. The molecule has 7 heteroatoms. The molecule has 1 atom stereocenters. The fourth-order valence-electron chi connectivity index (χ4n) is 4.05. The normalized spacial score (nSPS) is 23.1. The highest BCUT2D eigenvalue weighted by molar-refractivity contribution is 6.36. The molecule has 2 aliphatic rings. The van der Waals surface area contributed by atoms with Crippen molar-refractivity contribution in [2.75, 3.05) is 29.4 Å². The van der Waals surface area contributed by atoms with E-state index in [0.717, 1.165) is 31.5 Å². The molecule has 2 saturated heterocycles. The van der Waals surface area contributed by atoms with Crippen LogP contribution in [0.5, 0.6) is 0 Å². The summed E-state index contributed by atoms with van der Waals surface area (Å²) in [5.74, 6) is 0.833. The highest BCUT2D eigenvalue weighted by Crippen LogP contribution is 2.44. The van der Waals surface area contributed by atoms with Gasteiger partial charge in [0.1, 0.15) is 5.82 Å². The van der Waals surface area contributed by atoms with Gasteiger partial charge < -0.3 is 9.80 Å². The second-order valence-electron chi connectivity index (χ2n) is 6.92. The quantitative estimate of drug-likeness (QED) is 0.694. The number of nitrogens with zero attached hydrogens (tertiary/aromatic N) is 3. The van der Waals surface area contributed by atoms with Crippen LogP contribution in [-0.4, -0.2) is 30.5 Å². The van der Waals surface area contributed by atoms with Gasteiger partial charge >= 0.3 is 0 Å². The van der Waals surface area contributed by atoms with Gasteiger partial charge in [-0.1, -0.05) is 46.9 Å². The molecule has 3 heterocycles. The van der Waals surface area contributed by atoms with E-state index in [2.05, 4.69) is 9.88 Å². The molecule has 4 rings (SSSR count). The van der Waals surface area contributed by atoms with Gasteiger partial charge in [0, 0.05) is 25.8 Å². The van der Waals surface area contributed by atoms with Crippen LogP contribution in [0.2, 0.25) is 15.1 Å². The van der Waals surface area contributed by atoms with Gasteiger partial charge in [0.2, 0.25) is 5.91 Å². The third kappa shape index (κ3) is 3.04. The van der Waals surface area contributed by atoms with Gasteiger partial charge in [-0.2, -0.15) is 0 Å². The number of halogens is 3. The summed E-state index contributed by atoms with van der Waals surface area (Å²) in [6, 6.07) is 9.19. The van der Waals surface area contributed by atoms with Crippen molar-refractivity contribution >= 4 is 52.2 Å². The van der Waals surface area contributed by atoms with Crippen LogP contribution < -0.4 is 9.80 Å². The van der Waals surface area contributed by atoms with Crippen molar-refractivity contribution in [3.8, 4) is 0 Å². The van der Waals surface area contributed by atoms with Crippen molar-refractivity contribution in [2.45, 2.75) is 19.3 Å². The summed E-state index contributed by atoms with van der Waals surface area (Å²) >= 11 is 18.6. The van der Waals surface area contributed by atoms with E-state index in [-0.39, 0.29) is 5.91 Å². The Hall–Kier alpha value is -1.49. The lowest BCUT2D eigenvalue weighted by atomic mass is 9.78. The highest BCUT2D eigenvalue weighted by Gasteiger charge is 2.49. The van der Waals surface area contributed by atoms with E-state index in [0.29, 0.717) is 34.0 Å². The lowest BCUT2D eigenvalue weighted by Crippen LogP contribution is -2.48. The number of para-hydroxylation sites is 1. The monoisotopic (exact) mass is 409 g/mol. The van der Waals surface area contributed by atoms with Crippen molar-refractivity contribution in [2.24, 2.45) is 5.41 Å². The van der Waals surface area contributed by atoms with Crippen LogP contribution in [0.15, 0.2) is 36.5 Å². The summed E-state index contributed by atoms with van der Waals surface area (Å²) in [6.45, 7) is 2.12. The molecule has 1 amide bonds. The first-order valence-electron chi connectivity index (χ1n) is 8.63. The molecule has 2 aromatic rings. The minimum atomic E-state index is -0.415. The molecule has 0 aliphatic carbocycles. The van der Waals surface area contributed by atoms with Gasteiger partial charge in [-0.25, -0.2) is 4.98 Å². The number of hydrogen-bond acceptors (Lipinski definition) is 3. The smallest absolute Gasteiger partial charge is 0.235 e. The van der Waals surface area contributed by atoms with Crippen molar-refractivity contribution in [1.82, 2.24) is 4.98 Å². The van der Waals surface area contributed by atoms with Gasteiger partial charge in [-0.05, 0) is 37.5 Å². The lowest BCUT2D eigenvalue weighted by molar-refractivity contribution is -0.126. The van der Waals surface area contributed by atoms with E-state index >= 15 is 0 Å². The fraction of sp³-hybridized carbons (Fsp3) is 0.368. The van der Waals surface area contributed by atoms with Gasteiger partial charge in [0.05, 0.1) is 26.2 Å². The number of aromatic nitrogens is 1. The number of rotatable bonds is 2. The standard InChI is InChI=1S/C19H18Cl3N3O/c20-13-10-15(22)17(23-11-13)24-8-3-6-19(12-24)7-9-25(18(19)26)16-5-2-1-4-14(16)21/h1-2,4-5,10-11H,3,6-9,12H2/t19-/m1/s1. The minimum absolute atomic E-state index is 0.139. The molecule has 0 unspecified atom stereocenters. The summed E-state index contributed by atoms with van der Waals surface area (Å²) in [5.41, 5.74) is 0.373. The van der Waals surface area contributed by atoms with E-state index in [9.17, 15) is 4.79 Å². The molecule has 2 fully saturated rings. The molecule has 2 aliphatic heterocycles. The first kappa shape index (κ1) is 17.9. The predicted molar refractivity (Wildman–Crippen MR) is 107 cm³/mol. The third-order valence-corrected chi connectivity index (χ3v) is 6.13. The molecule has 1 aromatic carbocycles. The first-order valence-corrected chi connectivity index (χ1v) is 9.76. The molecule has 26 heavy (non-hydrogen) atoms. The highest BCUT2D eigenvalue weighted by atomic mass is 35.5. The summed E-state index contributed by atoms with van der Waals surface area (Å²) < 4.78 is 0. The summed E-state index contributed by atoms with van der Waals surface area (Å²) in [7, 11) is 0. The van der Waals surface area contributed by atoms with Crippen LogP contribution in [-0.2, 0) is 4.79 Å². The molecule has 4 nitrogen and oxygen atoms in total. The van der Waals surface area contributed by atoms with Crippen molar-refractivity contribution in [3.63, 3.8) is 0 Å². The number of carbonyl (C=O) groups is 1. The van der Waals surface area contributed by atoms with Crippen LogP contribution in [0, 0.1) is 5.41 Å². The van der Waals surface area contributed by atoms with E-state index in [1.54, 1.807) is 12.3 Å². The summed E-state index contributed by atoms with van der Waals surface area (Å²) in [6.07, 6.45) is 4.19. The Morgan fingerprint density at radius 1 is 1.04 bits per heavy atom. The largest absolute Gasteiger partial charge is 0.354 e. The maximum atomic E-state index is 13.3. The van der Waals surface area contributed by atoms with E-state index in [1.807, 2.05) is 29.2 Å². The van der Waals surface area contributed by atoms with Gasteiger partial charge in [-0.15, -0.1) is 0 Å². The summed E-state index contributed by atoms with van der Waals surface area (Å²) in [4.78, 5) is 21.6. The number of amides is 1. The first-order chi connectivity index (χ1) is 12.5. The Balaban J connectivity index is 1.61. The van der Waals surface area contributed by atoms with Crippen molar-refractivity contribution in [3.05, 3.63) is 51.6 Å².